The van der Waals surface area contributed by atoms with Crippen molar-refractivity contribution in [3.8, 4) is 0 Å². The minimum atomic E-state index is -3.73. The normalized spacial score (nSPS) is 16.8. The Bertz CT molecular complexity index is 659. The van der Waals surface area contributed by atoms with E-state index in [1.54, 1.807) is 6.07 Å². The Morgan fingerprint density at radius 1 is 1.38 bits per heavy atom. The number of fused-ring (bicyclic) bond motifs is 1. The molecule has 6 heteroatoms. The molecule has 0 bridgehead atoms. The van der Waals surface area contributed by atoms with Gasteiger partial charge in [0.15, 0.2) is 0 Å². The van der Waals surface area contributed by atoms with Gasteiger partial charge in [-0.25, -0.2) is 8.42 Å². The van der Waals surface area contributed by atoms with Crippen LogP contribution in [0.15, 0.2) is 23.1 Å². The van der Waals surface area contributed by atoms with Crippen molar-refractivity contribution in [2.75, 3.05) is 0 Å². The van der Waals surface area contributed by atoms with Gasteiger partial charge in [-0.05, 0) is 18.9 Å². The number of halogens is 1. The van der Waals surface area contributed by atoms with E-state index in [1.807, 2.05) is 6.07 Å². The lowest BCUT2D eigenvalue weighted by Gasteiger charge is -1.97. The van der Waals surface area contributed by atoms with Gasteiger partial charge in [0.1, 0.15) is 10.4 Å². The molecule has 1 aliphatic carbocycles. The Kier molecular flexibility index (Phi) is 2.03. The van der Waals surface area contributed by atoms with E-state index in [4.69, 9.17) is 10.7 Å². The van der Waals surface area contributed by atoms with Crippen molar-refractivity contribution >= 4 is 30.6 Å². The molecule has 1 aromatic carbocycles. The van der Waals surface area contributed by atoms with E-state index in [0.29, 0.717) is 11.4 Å². The number of hydrogen-bond donors (Lipinski definition) is 1. The third kappa shape index (κ3) is 1.51. The van der Waals surface area contributed by atoms with Gasteiger partial charge >= 0.3 is 0 Å². The van der Waals surface area contributed by atoms with Crippen molar-refractivity contribution in [2.45, 2.75) is 23.7 Å². The maximum absolute atomic E-state index is 11.4. The summed E-state index contributed by atoms with van der Waals surface area (Å²) >= 11 is 0. The number of para-hydroxylation sites is 1. The fourth-order valence-corrected chi connectivity index (χ4v) is 2.91. The van der Waals surface area contributed by atoms with Crippen LogP contribution in [0, 0.1) is 0 Å². The van der Waals surface area contributed by atoms with Gasteiger partial charge < -0.3 is 0 Å². The molecule has 16 heavy (non-hydrogen) atoms. The van der Waals surface area contributed by atoms with Crippen LogP contribution in [0.3, 0.4) is 0 Å². The van der Waals surface area contributed by atoms with Crippen LogP contribution >= 0.6 is 10.7 Å². The summed E-state index contributed by atoms with van der Waals surface area (Å²) in [5.74, 6) is 0.498. The average molecular weight is 257 g/mol. The summed E-state index contributed by atoms with van der Waals surface area (Å²) in [4.78, 5) is 0.0785. The first-order chi connectivity index (χ1) is 7.57. The lowest BCUT2D eigenvalue weighted by atomic mass is 10.1. The molecule has 4 nitrogen and oxygen atoms in total. The molecular formula is C10H9ClN2O2S. The molecule has 0 unspecified atom stereocenters. The van der Waals surface area contributed by atoms with Crippen molar-refractivity contribution in [3.63, 3.8) is 0 Å². The summed E-state index contributed by atoms with van der Waals surface area (Å²) in [6, 6.07) is 5.04. The second-order valence-electron chi connectivity index (χ2n) is 4.00. The van der Waals surface area contributed by atoms with Gasteiger partial charge in [-0.2, -0.15) is 5.10 Å². The zero-order chi connectivity index (χ0) is 11.3. The van der Waals surface area contributed by atoms with Gasteiger partial charge in [0.05, 0.1) is 0 Å². The van der Waals surface area contributed by atoms with E-state index >= 15 is 0 Å². The van der Waals surface area contributed by atoms with Crippen molar-refractivity contribution < 1.29 is 8.42 Å². The third-order valence-corrected chi connectivity index (χ3v) is 4.18. The average Bonchev–Trinajstić information content (AvgIpc) is 2.96. The molecule has 0 radical (unpaired) electrons. The highest BCUT2D eigenvalue weighted by Gasteiger charge is 2.28. The van der Waals surface area contributed by atoms with Gasteiger partial charge in [0.2, 0.25) is 0 Å². The Labute approximate surface area is 97.0 Å². The van der Waals surface area contributed by atoms with Crippen LogP contribution < -0.4 is 0 Å². The fourth-order valence-electron chi connectivity index (χ4n) is 1.91. The molecule has 1 heterocycles. The fraction of sp³-hybridized carbons (Fsp3) is 0.300. The smallest absolute Gasteiger partial charge is 0.263 e. The number of nitrogens with one attached hydrogen (secondary N) is 1. The molecule has 0 amide bonds. The SMILES string of the molecule is O=S(=O)(Cl)c1cccc2c(C3CC3)[nH]nc12. The Hall–Kier alpha value is -1.07. The topological polar surface area (TPSA) is 62.8 Å². The zero-order valence-electron chi connectivity index (χ0n) is 8.27. The van der Waals surface area contributed by atoms with Crippen LogP contribution in [0.4, 0.5) is 0 Å². The molecule has 1 aliphatic rings. The van der Waals surface area contributed by atoms with Crippen LogP contribution in [-0.2, 0) is 9.05 Å². The predicted octanol–water partition coefficient (Wildman–Crippen LogP) is 2.37. The summed E-state index contributed by atoms with van der Waals surface area (Å²) in [6.45, 7) is 0. The molecule has 0 aliphatic heterocycles. The first-order valence-corrected chi connectivity index (χ1v) is 7.30. The van der Waals surface area contributed by atoms with Crippen LogP contribution in [0.25, 0.3) is 10.9 Å². The van der Waals surface area contributed by atoms with Gasteiger partial charge in [0, 0.05) is 27.7 Å². The lowest BCUT2D eigenvalue weighted by molar-refractivity contribution is 0.610. The first kappa shape index (κ1) is 10.1. The van der Waals surface area contributed by atoms with Gasteiger partial charge in [-0.1, -0.05) is 12.1 Å². The maximum atomic E-state index is 11.4. The third-order valence-electron chi connectivity index (χ3n) is 2.83. The van der Waals surface area contributed by atoms with Gasteiger partial charge in [-0.3, -0.25) is 5.10 Å². The molecule has 0 spiro atoms. The first-order valence-electron chi connectivity index (χ1n) is 4.99. The summed E-state index contributed by atoms with van der Waals surface area (Å²) in [7, 11) is 1.63. The van der Waals surface area contributed by atoms with E-state index in [-0.39, 0.29) is 4.90 Å². The Balaban J connectivity index is 2.32. The molecule has 1 fully saturated rings. The van der Waals surface area contributed by atoms with Crippen LogP contribution in [0.1, 0.15) is 24.5 Å². The number of aromatic nitrogens is 2. The van der Waals surface area contributed by atoms with Gasteiger partial charge in [0.25, 0.3) is 9.05 Å². The molecule has 0 saturated heterocycles. The molecule has 0 atom stereocenters. The van der Waals surface area contributed by atoms with Crippen molar-refractivity contribution in [2.24, 2.45) is 0 Å². The molecule has 2 aromatic rings. The summed E-state index contributed by atoms with van der Waals surface area (Å²) in [6.07, 6.45) is 2.27. The predicted molar refractivity (Wildman–Crippen MR) is 61.1 cm³/mol. The van der Waals surface area contributed by atoms with Crippen LogP contribution in [0.5, 0.6) is 0 Å². The van der Waals surface area contributed by atoms with E-state index in [9.17, 15) is 8.42 Å². The number of aromatic amines is 1. The summed E-state index contributed by atoms with van der Waals surface area (Å²) < 4.78 is 22.7. The number of benzene rings is 1. The standard InChI is InChI=1S/C10H9ClN2O2S/c11-16(14,15)8-3-1-2-7-9(6-4-5-6)12-13-10(7)8/h1-3,6H,4-5H2,(H,12,13). The molecule has 1 aromatic heterocycles. The number of H-pyrrole nitrogens is 1. The lowest BCUT2D eigenvalue weighted by Crippen LogP contribution is -1.91. The minimum absolute atomic E-state index is 0.0785. The van der Waals surface area contributed by atoms with Crippen LogP contribution in [0.2, 0.25) is 0 Å². The largest absolute Gasteiger partial charge is 0.281 e. The highest BCUT2D eigenvalue weighted by molar-refractivity contribution is 8.14. The molecule has 84 valence electrons. The second-order valence-corrected chi connectivity index (χ2v) is 6.54. The minimum Gasteiger partial charge on any atom is -0.281 e. The van der Waals surface area contributed by atoms with Gasteiger partial charge in [-0.15, -0.1) is 0 Å². The second kappa shape index (κ2) is 3.21. The monoisotopic (exact) mass is 256 g/mol. The summed E-state index contributed by atoms with van der Waals surface area (Å²) in [5, 5.41) is 7.84. The Morgan fingerprint density at radius 2 is 2.12 bits per heavy atom. The van der Waals surface area contributed by atoms with E-state index in [1.165, 1.54) is 6.07 Å². The van der Waals surface area contributed by atoms with Crippen LogP contribution in [-0.4, -0.2) is 18.6 Å². The molecule has 1 N–H and O–H groups in total. The number of rotatable bonds is 2. The van der Waals surface area contributed by atoms with E-state index in [0.717, 1.165) is 23.9 Å². The highest BCUT2D eigenvalue weighted by Crippen LogP contribution is 2.42. The van der Waals surface area contributed by atoms with E-state index < -0.39 is 9.05 Å². The van der Waals surface area contributed by atoms with Crippen molar-refractivity contribution in [3.05, 3.63) is 23.9 Å². The van der Waals surface area contributed by atoms with E-state index in [2.05, 4.69) is 10.2 Å². The van der Waals surface area contributed by atoms with Crippen molar-refractivity contribution in [1.29, 1.82) is 0 Å². The Morgan fingerprint density at radius 3 is 2.75 bits per heavy atom. The zero-order valence-corrected chi connectivity index (χ0v) is 9.85. The molecular weight excluding hydrogens is 248 g/mol. The highest BCUT2D eigenvalue weighted by atomic mass is 35.7. The molecule has 3 rings (SSSR count). The number of hydrogen-bond acceptors (Lipinski definition) is 3. The number of nitrogens with zero attached hydrogens (tertiary/aromatic N) is 1. The summed E-state index contributed by atoms with van der Waals surface area (Å²) in [5.41, 5.74) is 1.47. The van der Waals surface area contributed by atoms with Crippen molar-refractivity contribution in [1.82, 2.24) is 10.2 Å². The maximum Gasteiger partial charge on any atom is 0.263 e. The quantitative estimate of drug-likeness (QED) is 0.839. The molecule has 1 saturated carbocycles.